The van der Waals surface area contributed by atoms with Crippen LogP contribution < -0.4 is 5.32 Å². The Hall–Kier alpha value is -1.49. The van der Waals surface area contributed by atoms with Crippen LogP contribution in [0.15, 0.2) is 18.2 Å². The molecule has 19 heavy (non-hydrogen) atoms. The van der Waals surface area contributed by atoms with Gasteiger partial charge in [0.25, 0.3) is 0 Å². The Morgan fingerprint density at radius 3 is 2.79 bits per heavy atom. The Bertz CT molecular complexity index is 459. The number of hydrogen-bond donors (Lipinski definition) is 1. The summed E-state index contributed by atoms with van der Waals surface area (Å²) in [4.78, 5) is 13.9. The van der Waals surface area contributed by atoms with Crippen molar-refractivity contribution in [1.29, 1.82) is 0 Å². The minimum atomic E-state index is -0.872. The van der Waals surface area contributed by atoms with E-state index >= 15 is 0 Å². The first kappa shape index (κ1) is 13.9. The number of carbonyl (C=O) groups excluding carboxylic acids is 1. The first-order chi connectivity index (χ1) is 9.11. The summed E-state index contributed by atoms with van der Waals surface area (Å²) in [5.74, 6) is -1.65. The molecule has 1 aliphatic heterocycles. The third-order valence-corrected chi connectivity index (χ3v) is 3.46. The highest BCUT2D eigenvalue weighted by Gasteiger charge is 2.26. The molecular weight excluding hydrogens is 250 g/mol. The summed E-state index contributed by atoms with van der Waals surface area (Å²) in [6.45, 7) is 4.34. The molecule has 2 rings (SSSR count). The molecule has 1 fully saturated rings. The van der Waals surface area contributed by atoms with Crippen molar-refractivity contribution in [3.63, 3.8) is 0 Å². The van der Waals surface area contributed by atoms with Gasteiger partial charge in [0.2, 0.25) is 5.91 Å². The largest absolute Gasteiger partial charge is 0.338 e. The van der Waals surface area contributed by atoms with Crippen LogP contribution in [0.25, 0.3) is 0 Å². The monoisotopic (exact) mass is 268 g/mol. The second-order valence-electron chi connectivity index (χ2n) is 4.79. The van der Waals surface area contributed by atoms with Gasteiger partial charge in [0.15, 0.2) is 11.6 Å². The van der Waals surface area contributed by atoms with Gasteiger partial charge in [-0.05, 0) is 37.6 Å². The fourth-order valence-electron chi connectivity index (χ4n) is 2.33. The maximum Gasteiger partial charge on any atom is 0.227 e. The molecular formula is C14H18F2N2O. The van der Waals surface area contributed by atoms with Crippen molar-refractivity contribution in [3.8, 4) is 0 Å². The molecule has 0 aromatic heterocycles. The molecule has 1 atom stereocenters. The van der Waals surface area contributed by atoms with Crippen LogP contribution in [0.4, 0.5) is 8.78 Å². The van der Waals surface area contributed by atoms with E-state index in [1.54, 1.807) is 4.90 Å². The van der Waals surface area contributed by atoms with E-state index in [9.17, 15) is 13.6 Å². The van der Waals surface area contributed by atoms with Crippen molar-refractivity contribution in [1.82, 2.24) is 10.2 Å². The van der Waals surface area contributed by atoms with Gasteiger partial charge >= 0.3 is 0 Å². The molecule has 1 aliphatic rings. The zero-order chi connectivity index (χ0) is 13.8. The van der Waals surface area contributed by atoms with E-state index < -0.39 is 11.6 Å². The Morgan fingerprint density at radius 1 is 1.42 bits per heavy atom. The topological polar surface area (TPSA) is 32.3 Å². The number of amides is 1. The van der Waals surface area contributed by atoms with Gasteiger partial charge in [0, 0.05) is 19.6 Å². The van der Waals surface area contributed by atoms with Crippen LogP contribution in [0, 0.1) is 17.6 Å². The molecule has 1 amide bonds. The molecule has 0 bridgehead atoms. The van der Waals surface area contributed by atoms with E-state index in [-0.39, 0.29) is 11.8 Å². The van der Waals surface area contributed by atoms with Crippen molar-refractivity contribution in [3.05, 3.63) is 35.4 Å². The molecule has 1 aromatic carbocycles. The zero-order valence-corrected chi connectivity index (χ0v) is 11.0. The van der Waals surface area contributed by atoms with Gasteiger partial charge in [-0.1, -0.05) is 6.07 Å². The molecule has 1 heterocycles. The normalized spacial score (nSPS) is 18.6. The van der Waals surface area contributed by atoms with Crippen LogP contribution in [-0.4, -0.2) is 30.4 Å². The van der Waals surface area contributed by atoms with Gasteiger partial charge in [-0.2, -0.15) is 0 Å². The summed E-state index contributed by atoms with van der Waals surface area (Å²) in [6, 6.07) is 3.76. The number of nitrogens with zero attached hydrogens (tertiary/aromatic N) is 1. The second kappa shape index (κ2) is 6.10. The summed E-state index contributed by atoms with van der Waals surface area (Å²) < 4.78 is 26.0. The summed E-state index contributed by atoms with van der Waals surface area (Å²) in [7, 11) is 0. The van der Waals surface area contributed by atoms with Crippen molar-refractivity contribution in [2.24, 2.45) is 5.92 Å². The molecule has 1 aromatic rings. The van der Waals surface area contributed by atoms with Crippen LogP contribution in [0.3, 0.4) is 0 Å². The first-order valence-electron chi connectivity index (χ1n) is 6.55. The molecule has 1 saturated heterocycles. The van der Waals surface area contributed by atoms with E-state index in [1.807, 2.05) is 6.92 Å². The molecule has 1 N–H and O–H groups in total. The summed E-state index contributed by atoms with van der Waals surface area (Å²) in [5.41, 5.74) is 0.611. The average Bonchev–Trinajstić information content (AvgIpc) is 2.93. The van der Waals surface area contributed by atoms with Crippen LogP contribution in [-0.2, 0) is 11.3 Å². The number of carbonyl (C=O) groups is 1. The van der Waals surface area contributed by atoms with Crippen LogP contribution in [0.5, 0.6) is 0 Å². The molecule has 0 spiro atoms. The van der Waals surface area contributed by atoms with Gasteiger partial charge in [-0.15, -0.1) is 0 Å². The molecule has 0 radical (unpaired) electrons. The van der Waals surface area contributed by atoms with Gasteiger partial charge in [-0.25, -0.2) is 8.78 Å². The number of benzene rings is 1. The lowest BCUT2D eigenvalue weighted by atomic mass is 10.1. The van der Waals surface area contributed by atoms with E-state index in [2.05, 4.69) is 5.32 Å². The number of rotatable bonds is 4. The lowest BCUT2D eigenvalue weighted by molar-refractivity contribution is -0.135. The predicted molar refractivity (Wildman–Crippen MR) is 68.4 cm³/mol. The lowest BCUT2D eigenvalue weighted by Crippen LogP contribution is -2.36. The van der Waals surface area contributed by atoms with Crippen LogP contribution in [0.2, 0.25) is 0 Å². The smallest absolute Gasteiger partial charge is 0.227 e. The fraction of sp³-hybridized carbons (Fsp3) is 0.500. The van der Waals surface area contributed by atoms with Crippen molar-refractivity contribution < 1.29 is 13.6 Å². The van der Waals surface area contributed by atoms with Crippen LogP contribution >= 0.6 is 0 Å². The van der Waals surface area contributed by atoms with Gasteiger partial charge in [0.1, 0.15) is 0 Å². The Morgan fingerprint density at radius 2 is 2.21 bits per heavy atom. The van der Waals surface area contributed by atoms with E-state index in [0.29, 0.717) is 25.2 Å². The highest BCUT2D eigenvalue weighted by atomic mass is 19.2. The quantitative estimate of drug-likeness (QED) is 0.905. The van der Waals surface area contributed by atoms with Gasteiger partial charge in [0.05, 0.1) is 5.92 Å². The Labute approximate surface area is 111 Å². The van der Waals surface area contributed by atoms with Crippen molar-refractivity contribution in [2.45, 2.75) is 19.9 Å². The molecule has 5 heteroatoms. The van der Waals surface area contributed by atoms with Gasteiger partial charge in [-0.3, -0.25) is 4.79 Å². The molecule has 0 saturated carbocycles. The highest BCUT2D eigenvalue weighted by Crippen LogP contribution is 2.15. The molecule has 104 valence electrons. The Balaban J connectivity index is 2.05. The van der Waals surface area contributed by atoms with Gasteiger partial charge < -0.3 is 10.2 Å². The minimum Gasteiger partial charge on any atom is -0.338 e. The summed E-state index contributed by atoms with van der Waals surface area (Å²) in [5, 5.41) is 3.16. The van der Waals surface area contributed by atoms with Crippen molar-refractivity contribution in [2.75, 3.05) is 19.6 Å². The molecule has 0 aliphatic carbocycles. The number of hydrogen-bond acceptors (Lipinski definition) is 2. The predicted octanol–water partition coefficient (Wildman–Crippen LogP) is 1.92. The highest BCUT2D eigenvalue weighted by molar-refractivity contribution is 5.79. The standard InChI is InChI=1S/C14H18F2N2O/c1-2-18(14(19)11-5-6-17-8-11)9-10-3-4-12(15)13(16)7-10/h3-4,7,11,17H,2,5-6,8-9H2,1H3. The zero-order valence-electron chi connectivity index (χ0n) is 11.0. The van der Waals surface area contributed by atoms with E-state index in [1.165, 1.54) is 6.07 Å². The number of nitrogens with one attached hydrogen (secondary N) is 1. The second-order valence-corrected chi connectivity index (χ2v) is 4.79. The maximum absolute atomic E-state index is 13.1. The fourth-order valence-corrected chi connectivity index (χ4v) is 2.33. The van der Waals surface area contributed by atoms with Crippen molar-refractivity contribution >= 4 is 5.91 Å². The molecule has 3 nitrogen and oxygen atoms in total. The summed E-state index contributed by atoms with van der Waals surface area (Å²) in [6.07, 6.45) is 0.840. The SMILES string of the molecule is CCN(Cc1ccc(F)c(F)c1)C(=O)C1CCNC1. The maximum atomic E-state index is 13.1. The molecule has 1 unspecified atom stereocenters. The number of halogens is 2. The first-order valence-corrected chi connectivity index (χ1v) is 6.55. The van der Waals surface area contributed by atoms with E-state index in [0.717, 1.165) is 25.1 Å². The lowest BCUT2D eigenvalue weighted by Gasteiger charge is -2.24. The Kier molecular flexibility index (Phi) is 4.47. The summed E-state index contributed by atoms with van der Waals surface area (Å²) >= 11 is 0. The average molecular weight is 268 g/mol. The minimum absolute atomic E-state index is 0.00486. The van der Waals surface area contributed by atoms with Crippen LogP contribution in [0.1, 0.15) is 18.9 Å². The third-order valence-electron chi connectivity index (χ3n) is 3.46. The van der Waals surface area contributed by atoms with E-state index in [4.69, 9.17) is 0 Å². The third kappa shape index (κ3) is 3.29.